The van der Waals surface area contributed by atoms with Crippen molar-refractivity contribution in [1.82, 2.24) is 5.32 Å². The third-order valence-corrected chi connectivity index (χ3v) is 2.99. The molecule has 0 unspecified atom stereocenters. The van der Waals surface area contributed by atoms with Crippen molar-refractivity contribution in [3.05, 3.63) is 35.9 Å². The number of benzene rings is 1. The van der Waals surface area contributed by atoms with Gasteiger partial charge in [-0.15, -0.1) is 0 Å². The summed E-state index contributed by atoms with van der Waals surface area (Å²) in [4.78, 5) is 0. The van der Waals surface area contributed by atoms with Crippen molar-refractivity contribution in [3.63, 3.8) is 0 Å². The van der Waals surface area contributed by atoms with Gasteiger partial charge in [0, 0.05) is 18.5 Å². The molecule has 1 N–H and O–H groups in total. The maximum atomic E-state index is 5.59. The number of hydrogen-bond donors (Lipinski definition) is 1. The summed E-state index contributed by atoms with van der Waals surface area (Å²) in [5, 5.41) is 3.41. The molecule has 1 aromatic carbocycles. The number of nitrogens with one attached hydrogen (secondary N) is 1. The van der Waals surface area contributed by atoms with Gasteiger partial charge in [0.1, 0.15) is 0 Å². The van der Waals surface area contributed by atoms with E-state index in [9.17, 15) is 0 Å². The van der Waals surface area contributed by atoms with E-state index < -0.39 is 0 Å². The van der Waals surface area contributed by atoms with Crippen molar-refractivity contribution >= 4 is 0 Å². The van der Waals surface area contributed by atoms with Crippen LogP contribution in [0.15, 0.2) is 30.3 Å². The molecular formula is C14H21NO2. The summed E-state index contributed by atoms with van der Waals surface area (Å²) in [6, 6.07) is 10.3. The summed E-state index contributed by atoms with van der Waals surface area (Å²) in [6.07, 6.45) is 0. The standard InChI is InChI=1S/C14H21NO2/c1-14(11-17-12-14)10-15-7-8-16-9-13-5-3-2-4-6-13/h2-6,15H,7-12H2,1H3. The number of rotatable bonds is 7. The highest BCUT2D eigenvalue weighted by Crippen LogP contribution is 2.24. The first-order valence-corrected chi connectivity index (χ1v) is 6.19. The maximum absolute atomic E-state index is 5.59. The van der Waals surface area contributed by atoms with E-state index in [1.165, 1.54) is 5.56 Å². The Bertz CT molecular complexity index is 322. The highest BCUT2D eigenvalue weighted by atomic mass is 16.5. The van der Waals surface area contributed by atoms with Crippen molar-refractivity contribution in [3.8, 4) is 0 Å². The normalized spacial score (nSPS) is 17.7. The molecule has 0 bridgehead atoms. The van der Waals surface area contributed by atoms with Gasteiger partial charge in [-0.2, -0.15) is 0 Å². The molecule has 2 rings (SSSR count). The molecule has 0 radical (unpaired) electrons. The van der Waals surface area contributed by atoms with E-state index >= 15 is 0 Å². The lowest BCUT2D eigenvalue weighted by Gasteiger charge is -2.38. The Balaban J connectivity index is 1.49. The van der Waals surface area contributed by atoms with Crippen LogP contribution < -0.4 is 5.32 Å². The first kappa shape index (κ1) is 12.6. The lowest BCUT2D eigenvalue weighted by Crippen LogP contribution is -2.47. The second-order valence-corrected chi connectivity index (χ2v) is 5.02. The Morgan fingerprint density at radius 1 is 1.29 bits per heavy atom. The van der Waals surface area contributed by atoms with Crippen LogP contribution in [0, 0.1) is 5.41 Å². The molecule has 1 aliphatic heterocycles. The predicted octanol–water partition coefficient (Wildman–Crippen LogP) is 1.83. The fourth-order valence-electron chi connectivity index (χ4n) is 1.85. The number of hydrogen-bond acceptors (Lipinski definition) is 3. The van der Waals surface area contributed by atoms with Gasteiger partial charge in [-0.1, -0.05) is 37.3 Å². The third-order valence-electron chi connectivity index (χ3n) is 2.99. The molecule has 0 aliphatic carbocycles. The molecule has 1 heterocycles. The van der Waals surface area contributed by atoms with Gasteiger partial charge in [-0.05, 0) is 5.56 Å². The van der Waals surface area contributed by atoms with Crippen LogP contribution in [0.2, 0.25) is 0 Å². The molecule has 0 spiro atoms. The van der Waals surface area contributed by atoms with E-state index in [2.05, 4.69) is 24.4 Å². The van der Waals surface area contributed by atoms with Crippen LogP contribution in [-0.4, -0.2) is 32.9 Å². The van der Waals surface area contributed by atoms with Crippen LogP contribution in [0.25, 0.3) is 0 Å². The van der Waals surface area contributed by atoms with Crippen molar-refractivity contribution in [2.75, 3.05) is 32.9 Å². The minimum absolute atomic E-state index is 0.347. The van der Waals surface area contributed by atoms with Gasteiger partial charge >= 0.3 is 0 Å². The zero-order valence-corrected chi connectivity index (χ0v) is 10.4. The Labute approximate surface area is 103 Å². The van der Waals surface area contributed by atoms with E-state index in [1.54, 1.807) is 0 Å². The van der Waals surface area contributed by atoms with Crippen molar-refractivity contribution in [2.45, 2.75) is 13.5 Å². The molecule has 0 atom stereocenters. The largest absolute Gasteiger partial charge is 0.380 e. The Kier molecular flexibility index (Phi) is 4.54. The lowest BCUT2D eigenvalue weighted by atomic mass is 9.89. The zero-order chi connectivity index (χ0) is 12.0. The fraction of sp³-hybridized carbons (Fsp3) is 0.571. The second-order valence-electron chi connectivity index (χ2n) is 5.02. The highest BCUT2D eigenvalue weighted by molar-refractivity contribution is 5.13. The Hall–Kier alpha value is -0.900. The first-order chi connectivity index (χ1) is 8.29. The molecule has 0 amide bonds. The molecular weight excluding hydrogens is 214 g/mol. The quantitative estimate of drug-likeness (QED) is 0.731. The molecule has 17 heavy (non-hydrogen) atoms. The molecule has 1 aliphatic rings. The minimum Gasteiger partial charge on any atom is -0.380 e. The van der Waals surface area contributed by atoms with Gasteiger partial charge in [0.2, 0.25) is 0 Å². The highest BCUT2D eigenvalue weighted by Gasteiger charge is 2.32. The average Bonchev–Trinajstić information content (AvgIpc) is 2.33. The minimum atomic E-state index is 0.347. The van der Waals surface area contributed by atoms with Gasteiger partial charge in [0.25, 0.3) is 0 Å². The SMILES string of the molecule is CC1(CNCCOCc2ccccc2)COC1. The van der Waals surface area contributed by atoms with E-state index in [-0.39, 0.29) is 0 Å². The topological polar surface area (TPSA) is 30.5 Å². The molecule has 1 fully saturated rings. The van der Waals surface area contributed by atoms with Crippen LogP contribution >= 0.6 is 0 Å². The maximum Gasteiger partial charge on any atom is 0.0717 e. The van der Waals surface area contributed by atoms with Crippen LogP contribution in [0.1, 0.15) is 12.5 Å². The summed E-state index contributed by atoms with van der Waals surface area (Å²) in [5.74, 6) is 0. The summed E-state index contributed by atoms with van der Waals surface area (Å²) in [6.45, 7) is 7.38. The Morgan fingerprint density at radius 3 is 2.71 bits per heavy atom. The zero-order valence-electron chi connectivity index (χ0n) is 10.4. The molecule has 3 nitrogen and oxygen atoms in total. The van der Waals surface area contributed by atoms with E-state index in [0.717, 1.165) is 32.9 Å². The van der Waals surface area contributed by atoms with Crippen LogP contribution in [-0.2, 0) is 16.1 Å². The second kappa shape index (κ2) is 6.15. The summed E-state index contributed by atoms with van der Waals surface area (Å²) in [7, 11) is 0. The van der Waals surface area contributed by atoms with Crippen LogP contribution in [0.5, 0.6) is 0 Å². The monoisotopic (exact) mass is 235 g/mol. The van der Waals surface area contributed by atoms with Crippen LogP contribution in [0.3, 0.4) is 0 Å². The van der Waals surface area contributed by atoms with Crippen molar-refractivity contribution < 1.29 is 9.47 Å². The molecule has 0 saturated carbocycles. The predicted molar refractivity (Wildman–Crippen MR) is 67.9 cm³/mol. The van der Waals surface area contributed by atoms with Gasteiger partial charge in [0.15, 0.2) is 0 Å². The molecule has 3 heteroatoms. The summed E-state index contributed by atoms with van der Waals surface area (Å²) in [5.41, 5.74) is 1.58. The van der Waals surface area contributed by atoms with E-state index in [4.69, 9.17) is 9.47 Å². The lowest BCUT2D eigenvalue weighted by molar-refractivity contribution is -0.0993. The smallest absolute Gasteiger partial charge is 0.0717 e. The van der Waals surface area contributed by atoms with Crippen molar-refractivity contribution in [1.29, 1.82) is 0 Å². The Morgan fingerprint density at radius 2 is 2.06 bits per heavy atom. The molecule has 1 saturated heterocycles. The third kappa shape index (κ3) is 4.11. The first-order valence-electron chi connectivity index (χ1n) is 6.19. The molecule has 0 aromatic heterocycles. The van der Waals surface area contributed by atoms with Crippen LogP contribution in [0.4, 0.5) is 0 Å². The van der Waals surface area contributed by atoms with Crippen molar-refractivity contribution in [2.24, 2.45) is 5.41 Å². The fourth-order valence-corrected chi connectivity index (χ4v) is 1.85. The summed E-state index contributed by atoms with van der Waals surface area (Å²) < 4.78 is 10.8. The number of ether oxygens (including phenoxy) is 2. The van der Waals surface area contributed by atoms with Gasteiger partial charge in [-0.25, -0.2) is 0 Å². The molecule has 94 valence electrons. The summed E-state index contributed by atoms with van der Waals surface area (Å²) >= 11 is 0. The van der Waals surface area contributed by atoms with Gasteiger partial charge in [0.05, 0.1) is 26.4 Å². The molecule has 1 aromatic rings. The van der Waals surface area contributed by atoms with Gasteiger partial charge < -0.3 is 14.8 Å². The van der Waals surface area contributed by atoms with E-state index in [1.807, 2.05) is 18.2 Å². The van der Waals surface area contributed by atoms with Gasteiger partial charge in [-0.3, -0.25) is 0 Å². The van der Waals surface area contributed by atoms with E-state index in [0.29, 0.717) is 12.0 Å². The average molecular weight is 235 g/mol.